The molecule has 3 rings (SSSR count). The van der Waals surface area contributed by atoms with Gasteiger partial charge in [0.2, 0.25) is 11.8 Å². The molecule has 0 radical (unpaired) electrons. The summed E-state index contributed by atoms with van der Waals surface area (Å²) in [6, 6.07) is 5.28. The highest BCUT2D eigenvalue weighted by molar-refractivity contribution is 5.96. The first kappa shape index (κ1) is 17.0. The minimum atomic E-state index is -4.55. The number of likely N-dealkylation sites (tertiary alicyclic amines) is 1. The normalized spacial score (nSPS) is 14.8. The Morgan fingerprint density at radius 1 is 1.16 bits per heavy atom. The van der Waals surface area contributed by atoms with Crippen LogP contribution in [0.5, 0.6) is 11.8 Å². The van der Waals surface area contributed by atoms with E-state index in [9.17, 15) is 18.0 Å². The Hall–Kier alpha value is -2.84. The molecule has 0 unspecified atom stereocenters. The Bertz CT molecular complexity index is 776. The summed E-state index contributed by atoms with van der Waals surface area (Å²) < 4.78 is 49.1. The molecular weight excluding hydrogens is 339 g/mol. The van der Waals surface area contributed by atoms with Gasteiger partial charge < -0.3 is 14.4 Å². The zero-order chi connectivity index (χ0) is 18.0. The van der Waals surface area contributed by atoms with Gasteiger partial charge in [-0.3, -0.25) is 4.79 Å². The van der Waals surface area contributed by atoms with Gasteiger partial charge in [-0.05, 0) is 24.3 Å². The van der Waals surface area contributed by atoms with E-state index in [1.54, 1.807) is 12.1 Å². The number of hydrogen-bond acceptors (Lipinski definition) is 5. The third-order valence-electron chi connectivity index (χ3n) is 3.69. The molecule has 132 valence electrons. The molecule has 0 bridgehead atoms. The zero-order valence-corrected chi connectivity index (χ0v) is 13.2. The van der Waals surface area contributed by atoms with E-state index < -0.39 is 23.7 Å². The number of hydrogen-bond donors (Lipinski definition) is 0. The minimum absolute atomic E-state index is 0.157. The topological polar surface area (TPSA) is 64.5 Å². The Morgan fingerprint density at radius 3 is 2.44 bits per heavy atom. The minimum Gasteiger partial charge on any atom is -0.480 e. The van der Waals surface area contributed by atoms with Crippen LogP contribution in [-0.2, 0) is 6.18 Å². The molecule has 0 saturated carbocycles. The fraction of sp³-hybridized carbons (Fsp3) is 0.312. The van der Waals surface area contributed by atoms with E-state index in [1.807, 2.05) is 0 Å². The van der Waals surface area contributed by atoms with Crippen LogP contribution in [0.2, 0.25) is 0 Å². The first-order valence-electron chi connectivity index (χ1n) is 7.37. The zero-order valence-electron chi connectivity index (χ0n) is 13.2. The van der Waals surface area contributed by atoms with Crippen molar-refractivity contribution in [3.05, 3.63) is 47.8 Å². The van der Waals surface area contributed by atoms with Crippen molar-refractivity contribution in [3.8, 4) is 11.8 Å². The summed E-state index contributed by atoms with van der Waals surface area (Å²) in [6.45, 7) is 0.315. The molecule has 25 heavy (non-hydrogen) atoms. The van der Waals surface area contributed by atoms with Crippen molar-refractivity contribution in [1.29, 1.82) is 0 Å². The van der Waals surface area contributed by atoms with Crippen molar-refractivity contribution in [2.24, 2.45) is 0 Å². The van der Waals surface area contributed by atoms with Crippen LogP contribution in [0.4, 0.5) is 13.2 Å². The van der Waals surface area contributed by atoms with Crippen LogP contribution in [0.25, 0.3) is 0 Å². The van der Waals surface area contributed by atoms with Crippen molar-refractivity contribution in [1.82, 2.24) is 14.9 Å². The predicted octanol–water partition coefficient (Wildman–Crippen LogP) is 2.41. The van der Waals surface area contributed by atoms with Gasteiger partial charge in [-0.1, -0.05) is 0 Å². The van der Waals surface area contributed by atoms with E-state index in [0.29, 0.717) is 0 Å². The molecule has 9 heteroatoms. The molecule has 1 saturated heterocycles. The number of carbonyl (C=O) groups excluding carboxylic acids is 1. The molecule has 3 heterocycles. The molecule has 0 aliphatic carbocycles. The van der Waals surface area contributed by atoms with Crippen LogP contribution in [0.3, 0.4) is 0 Å². The maximum atomic E-state index is 12.9. The van der Waals surface area contributed by atoms with Crippen LogP contribution in [-0.4, -0.2) is 47.1 Å². The molecule has 6 nitrogen and oxygen atoms in total. The number of ether oxygens (including phenoxy) is 2. The molecular formula is C16H14F3N3O3. The molecule has 0 atom stereocenters. The molecule has 2 aromatic rings. The van der Waals surface area contributed by atoms with Gasteiger partial charge in [0.05, 0.1) is 20.2 Å². The van der Waals surface area contributed by atoms with E-state index in [2.05, 4.69) is 9.97 Å². The predicted molar refractivity (Wildman–Crippen MR) is 80.3 cm³/mol. The maximum absolute atomic E-state index is 12.9. The average molecular weight is 353 g/mol. The molecule has 0 N–H and O–H groups in total. The molecule has 1 aliphatic heterocycles. The Labute approximate surface area is 141 Å². The molecule has 1 fully saturated rings. The second-order valence-corrected chi connectivity index (χ2v) is 5.36. The second kappa shape index (κ2) is 6.58. The third kappa shape index (κ3) is 3.49. The van der Waals surface area contributed by atoms with Crippen molar-refractivity contribution in [2.75, 3.05) is 20.2 Å². The van der Waals surface area contributed by atoms with Crippen LogP contribution >= 0.6 is 0 Å². The number of aromatic nitrogens is 2. The van der Waals surface area contributed by atoms with E-state index in [-0.39, 0.29) is 30.4 Å². The van der Waals surface area contributed by atoms with Gasteiger partial charge in [0.15, 0.2) is 0 Å². The quantitative estimate of drug-likeness (QED) is 0.845. The second-order valence-electron chi connectivity index (χ2n) is 5.36. The number of methoxy groups -OCH3 is 1. The van der Waals surface area contributed by atoms with Gasteiger partial charge in [0.25, 0.3) is 5.91 Å². The molecule has 2 aromatic heterocycles. The van der Waals surface area contributed by atoms with E-state index >= 15 is 0 Å². The lowest BCUT2D eigenvalue weighted by atomic mass is 10.1. The van der Waals surface area contributed by atoms with Crippen molar-refractivity contribution >= 4 is 5.91 Å². The Morgan fingerprint density at radius 2 is 1.80 bits per heavy atom. The summed E-state index contributed by atoms with van der Waals surface area (Å²) in [5, 5.41) is 0. The van der Waals surface area contributed by atoms with E-state index in [1.165, 1.54) is 30.5 Å². The van der Waals surface area contributed by atoms with Crippen LogP contribution in [0, 0.1) is 0 Å². The van der Waals surface area contributed by atoms with E-state index in [4.69, 9.17) is 9.47 Å². The number of pyridine rings is 2. The number of rotatable bonds is 4. The Balaban J connectivity index is 1.65. The summed E-state index contributed by atoms with van der Waals surface area (Å²) >= 11 is 0. The van der Waals surface area contributed by atoms with E-state index in [0.717, 1.165) is 6.07 Å². The highest BCUT2D eigenvalue weighted by atomic mass is 19.4. The van der Waals surface area contributed by atoms with Gasteiger partial charge in [-0.15, -0.1) is 0 Å². The largest absolute Gasteiger partial charge is 0.480 e. The van der Waals surface area contributed by atoms with Crippen LogP contribution < -0.4 is 9.47 Å². The summed E-state index contributed by atoms with van der Waals surface area (Å²) in [7, 11) is 1.40. The van der Waals surface area contributed by atoms with Gasteiger partial charge in [0, 0.05) is 12.4 Å². The van der Waals surface area contributed by atoms with Crippen molar-refractivity contribution in [3.63, 3.8) is 0 Å². The van der Waals surface area contributed by atoms with Crippen molar-refractivity contribution < 1.29 is 27.4 Å². The van der Waals surface area contributed by atoms with Gasteiger partial charge >= 0.3 is 6.18 Å². The molecule has 1 amide bonds. The SMILES string of the molecule is COc1ncccc1C(=O)N1CC(Oc2ncccc2C(F)(F)F)C1. The lowest BCUT2D eigenvalue weighted by Gasteiger charge is -2.39. The van der Waals surface area contributed by atoms with Crippen LogP contribution in [0.15, 0.2) is 36.7 Å². The summed E-state index contributed by atoms with van der Waals surface area (Å²) in [5.41, 5.74) is -0.647. The molecule has 0 spiro atoms. The number of nitrogens with zero attached hydrogens (tertiary/aromatic N) is 3. The number of carbonyl (C=O) groups is 1. The summed E-state index contributed by atoms with van der Waals surface area (Å²) in [5.74, 6) is -0.603. The average Bonchev–Trinajstić information content (AvgIpc) is 2.56. The number of alkyl halides is 3. The lowest BCUT2D eigenvalue weighted by Crippen LogP contribution is -2.56. The number of halogens is 3. The van der Waals surface area contributed by atoms with Gasteiger partial charge in [-0.2, -0.15) is 13.2 Å². The highest BCUT2D eigenvalue weighted by Gasteiger charge is 2.39. The standard InChI is InChI=1S/C16H14F3N3O3/c1-24-13-11(4-2-6-20-13)15(23)22-8-10(9-22)25-14-12(16(17,18)19)5-3-7-21-14/h2-7,10H,8-9H2,1H3. The van der Waals surface area contributed by atoms with Crippen molar-refractivity contribution in [2.45, 2.75) is 12.3 Å². The fourth-order valence-corrected chi connectivity index (χ4v) is 2.42. The third-order valence-corrected chi connectivity index (χ3v) is 3.69. The Kier molecular flexibility index (Phi) is 4.47. The highest BCUT2D eigenvalue weighted by Crippen LogP contribution is 2.35. The van der Waals surface area contributed by atoms with Crippen LogP contribution in [0.1, 0.15) is 15.9 Å². The first-order valence-corrected chi connectivity index (χ1v) is 7.37. The lowest BCUT2D eigenvalue weighted by molar-refractivity contribution is -0.140. The first-order chi connectivity index (χ1) is 11.9. The summed E-state index contributed by atoms with van der Waals surface area (Å²) in [6.07, 6.45) is -2.38. The summed E-state index contributed by atoms with van der Waals surface area (Å²) in [4.78, 5) is 21.4. The fourth-order valence-electron chi connectivity index (χ4n) is 2.42. The monoisotopic (exact) mass is 353 g/mol. The number of amides is 1. The molecule has 1 aliphatic rings. The maximum Gasteiger partial charge on any atom is 0.421 e. The van der Waals surface area contributed by atoms with Gasteiger partial charge in [-0.25, -0.2) is 9.97 Å². The van der Waals surface area contributed by atoms with Gasteiger partial charge in [0.1, 0.15) is 17.2 Å². The molecule has 0 aromatic carbocycles. The smallest absolute Gasteiger partial charge is 0.421 e.